The van der Waals surface area contributed by atoms with Gasteiger partial charge >= 0.3 is 0 Å². The highest BCUT2D eigenvalue weighted by atomic mass is 35.5. The molecule has 0 bridgehead atoms. The van der Waals surface area contributed by atoms with Gasteiger partial charge in [-0.15, -0.1) is 0 Å². The molecule has 0 aromatic heterocycles. The number of hydrogen-bond acceptors (Lipinski definition) is 1. The fourth-order valence-corrected chi connectivity index (χ4v) is 2.65. The van der Waals surface area contributed by atoms with Gasteiger partial charge in [0.05, 0.1) is 5.92 Å². The predicted octanol–water partition coefficient (Wildman–Crippen LogP) is 4.42. The number of ether oxygens (including phenoxy) is 1. The lowest BCUT2D eigenvalue weighted by atomic mass is 9.79. The zero-order valence-corrected chi connectivity index (χ0v) is 10.8. The van der Waals surface area contributed by atoms with Gasteiger partial charge in [0.1, 0.15) is 5.75 Å². The van der Waals surface area contributed by atoms with Crippen LogP contribution >= 0.6 is 11.6 Å². The van der Waals surface area contributed by atoms with Gasteiger partial charge in [-0.25, -0.2) is 8.78 Å². The molecule has 0 aliphatic carbocycles. The molecule has 0 radical (unpaired) electrons. The summed E-state index contributed by atoms with van der Waals surface area (Å²) in [7, 11) is 0. The van der Waals surface area contributed by atoms with Gasteiger partial charge < -0.3 is 4.74 Å². The second-order valence-electron chi connectivity index (χ2n) is 4.86. The van der Waals surface area contributed by atoms with Crippen molar-refractivity contribution < 1.29 is 13.5 Å². The second-order valence-corrected chi connectivity index (χ2v) is 5.26. The zero-order valence-electron chi connectivity index (χ0n) is 10.1. The fourth-order valence-electron chi connectivity index (χ4n) is 2.49. The molecule has 1 unspecified atom stereocenters. The van der Waals surface area contributed by atoms with E-state index in [-0.39, 0.29) is 5.92 Å². The van der Waals surface area contributed by atoms with Crippen LogP contribution in [0.4, 0.5) is 8.78 Å². The van der Waals surface area contributed by atoms with E-state index < -0.39 is 18.4 Å². The van der Waals surface area contributed by atoms with E-state index in [1.54, 1.807) is 32.9 Å². The topological polar surface area (TPSA) is 9.23 Å². The van der Waals surface area contributed by atoms with E-state index in [0.717, 1.165) is 0 Å². The summed E-state index contributed by atoms with van der Waals surface area (Å²) >= 11 is 6.01. The third-order valence-electron chi connectivity index (χ3n) is 3.26. The lowest BCUT2D eigenvalue weighted by Gasteiger charge is -2.37. The van der Waals surface area contributed by atoms with Crippen LogP contribution in [0.5, 0.6) is 5.75 Å². The van der Waals surface area contributed by atoms with E-state index >= 15 is 0 Å². The van der Waals surface area contributed by atoms with Crippen molar-refractivity contribution in [1.29, 1.82) is 0 Å². The van der Waals surface area contributed by atoms with Crippen LogP contribution in [0.25, 0.3) is 0 Å². The molecule has 0 fully saturated rings. The van der Waals surface area contributed by atoms with Gasteiger partial charge in [0.25, 0.3) is 5.92 Å². The van der Waals surface area contributed by atoms with E-state index in [0.29, 0.717) is 21.9 Å². The molecule has 0 N–H and O–H groups in total. The van der Waals surface area contributed by atoms with Crippen molar-refractivity contribution in [2.45, 2.75) is 32.6 Å². The van der Waals surface area contributed by atoms with Gasteiger partial charge in [0, 0.05) is 10.6 Å². The maximum atomic E-state index is 13.9. The average Bonchev–Trinajstić information content (AvgIpc) is 2.22. The molecular formula is C13H15ClF2O. The summed E-state index contributed by atoms with van der Waals surface area (Å²) in [6.45, 7) is 4.81. The van der Waals surface area contributed by atoms with Gasteiger partial charge in [-0.3, -0.25) is 0 Å². The van der Waals surface area contributed by atoms with Crippen LogP contribution < -0.4 is 4.74 Å². The Balaban J connectivity index is 2.63. The van der Waals surface area contributed by atoms with Gasteiger partial charge in [-0.2, -0.15) is 0 Å². The number of alkyl halides is 2. The van der Waals surface area contributed by atoms with Crippen LogP contribution in [0.15, 0.2) is 12.1 Å². The Kier molecular flexibility index (Phi) is 3.06. The van der Waals surface area contributed by atoms with E-state index in [9.17, 15) is 8.78 Å². The summed E-state index contributed by atoms with van der Waals surface area (Å²) in [5, 5.41) is 0.510. The second kappa shape index (κ2) is 4.13. The van der Waals surface area contributed by atoms with Gasteiger partial charge in [-0.1, -0.05) is 25.4 Å². The van der Waals surface area contributed by atoms with Crippen LogP contribution in [0.3, 0.4) is 0 Å². The molecule has 0 amide bonds. The molecule has 17 heavy (non-hydrogen) atoms. The molecule has 1 nitrogen and oxygen atoms in total. The smallest absolute Gasteiger partial charge is 0.288 e. The predicted molar refractivity (Wildman–Crippen MR) is 64.2 cm³/mol. The first-order valence-corrected chi connectivity index (χ1v) is 6.02. The van der Waals surface area contributed by atoms with Gasteiger partial charge in [-0.05, 0) is 30.5 Å². The van der Waals surface area contributed by atoms with E-state index in [1.807, 2.05) is 0 Å². The van der Waals surface area contributed by atoms with E-state index in [1.165, 1.54) is 0 Å². The molecule has 1 aliphatic heterocycles. The average molecular weight is 261 g/mol. The SMILES string of the molecule is Cc1c(Cl)ccc2c1C(C(C)C)C(F)(F)CO2. The molecule has 1 atom stereocenters. The molecule has 1 aromatic carbocycles. The van der Waals surface area contributed by atoms with Crippen molar-refractivity contribution in [3.63, 3.8) is 0 Å². The highest BCUT2D eigenvalue weighted by Crippen LogP contribution is 2.49. The lowest BCUT2D eigenvalue weighted by Crippen LogP contribution is -2.40. The van der Waals surface area contributed by atoms with E-state index in [4.69, 9.17) is 16.3 Å². The molecule has 0 saturated carbocycles. The van der Waals surface area contributed by atoms with Crippen molar-refractivity contribution in [2.24, 2.45) is 5.92 Å². The summed E-state index contributed by atoms with van der Waals surface area (Å²) in [5.41, 5.74) is 1.26. The molecule has 0 spiro atoms. The third kappa shape index (κ3) is 2.01. The van der Waals surface area contributed by atoms with Crippen LogP contribution in [0, 0.1) is 12.8 Å². The molecule has 94 valence electrons. The molecule has 1 aromatic rings. The fraction of sp³-hybridized carbons (Fsp3) is 0.538. The van der Waals surface area contributed by atoms with Crippen molar-refractivity contribution in [1.82, 2.24) is 0 Å². The Morgan fingerprint density at radius 3 is 2.65 bits per heavy atom. The molecule has 1 heterocycles. The minimum Gasteiger partial charge on any atom is -0.487 e. The van der Waals surface area contributed by atoms with Crippen LogP contribution in [-0.2, 0) is 0 Å². The Bertz CT molecular complexity index is 443. The number of benzene rings is 1. The molecule has 4 heteroatoms. The Labute approximate surface area is 105 Å². The van der Waals surface area contributed by atoms with E-state index in [2.05, 4.69) is 0 Å². The Hall–Kier alpha value is -0.830. The van der Waals surface area contributed by atoms with Gasteiger partial charge in [0.15, 0.2) is 6.61 Å². The molecule has 0 saturated heterocycles. The number of fused-ring (bicyclic) bond motifs is 1. The highest BCUT2D eigenvalue weighted by Gasteiger charge is 2.48. The first-order chi connectivity index (χ1) is 7.84. The monoisotopic (exact) mass is 260 g/mol. The third-order valence-corrected chi connectivity index (χ3v) is 3.67. The number of rotatable bonds is 1. The maximum Gasteiger partial charge on any atom is 0.288 e. The van der Waals surface area contributed by atoms with Crippen LogP contribution in [-0.4, -0.2) is 12.5 Å². The number of halogens is 3. The van der Waals surface area contributed by atoms with Gasteiger partial charge in [0.2, 0.25) is 0 Å². The normalized spacial score (nSPS) is 22.2. The van der Waals surface area contributed by atoms with Crippen LogP contribution in [0.1, 0.15) is 30.9 Å². The first-order valence-electron chi connectivity index (χ1n) is 5.64. The molecular weight excluding hydrogens is 246 g/mol. The first kappa shape index (κ1) is 12.6. The molecule has 2 rings (SSSR count). The summed E-state index contributed by atoms with van der Waals surface area (Å²) in [5.74, 6) is -3.29. The van der Waals surface area contributed by atoms with Crippen molar-refractivity contribution in [3.05, 3.63) is 28.3 Å². The Morgan fingerprint density at radius 2 is 2.06 bits per heavy atom. The minimum atomic E-state index is -2.84. The molecule has 1 aliphatic rings. The summed E-state index contributed by atoms with van der Waals surface area (Å²) in [6, 6.07) is 3.37. The lowest BCUT2D eigenvalue weighted by molar-refractivity contribution is -0.0884. The highest BCUT2D eigenvalue weighted by molar-refractivity contribution is 6.31. The summed E-state index contributed by atoms with van der Waals surface area (Å²) < 4.78 is 33.0. The standard InChI is InChI=1S/C13H15ClF2O/c1-7(2)12-11-8(3)9(14)4-5-10(11)17-6-13(12,15)16/h4-5,7,12H,6H2,1-3H3. The zero-order chi connectivity index (χ0) is 12.8. The minimum absolute atomic E-state index is 0.162. The maximum absolute atomic E-state index is 13.9. The quantitative estimate of drug-likeness (QED) is 0.726. The largest absolute Gasteiger partial charge is 0.487 e. The Morgan fingerprint density at radius 1 is 1.41 bits per heavy atom. The van der Waals surface area contributed by atoms with Crippen molar-refractivity contribution in [2.75, 3.05) is 6.61 Å². The van der Waals surface area contributed by atoms with Crippen molar-refractivity contribution in [3.8, 4) is 5.75 Å². The summed E-state index contributed by atoms with van der Waals surface area (Å²) in [6.07, 6.45) is 0. The van der Waals surface area contributed by atoms with Crippen molar-refractivity contribution >= 4 is 11.6 Å². The number of hydrogen-bond donors (Lipinski definition) is 0. The summed E-state index contributed by atoms with van der Waals surface area (Å²) in [4.78, 5) is 0. The van der Waals surface area contributed by atoms with Crippen LogP contribution in [0.2, 0.25) is 5.02 Å².